The van der Waals surface area contributed by atoms with Crippen LogP contribution >= 0.6 is 12.2 Å². The number of hydrogen-bond acceptors (Lipinski definition) is 2. The predicted molar refractivity (Wildman–Crippen MR) is 80.7 cm³/mol. The molecule has 0 radical (unpaired) electrons. The molecular weight excluding hydrogens is 252 g/mol. The minimum absolute atomic E-state index is 0.787. The van der Waals surface area contributed by atoms with E-state index in [9.17, 15) is 0 Å². The Hall–Kier alpha value is -2.00. The first-order valence-corrected chi connectivity index (χ1v) is 6.74. The lowest BCUT2D eigenvalue weighted by Gasteiger charge is -2.10. The van der Waals surface area contributed by atoms with E-state index in [-0.39, 0.29) is 0 Å². The quantitative estimate of drug-likeness (QED) is 0.667. The molecule has 94 valence electrons. The molecule has 3 aromatic rings. The Bertz CT molecular complexity index is 747. The Kier molecular flexibility index (Phi) is 3.38. The van der Waals surface area contributed by atoms with Crippen molar-refractivity contribution in [3.8, 4) is 0 Å². The monoisotopic (exact) mass is 266 g/mol. The fourth-order valence-corrected chi connectivity index (χ4v) is 2.47. The third-order valence-electron chi connectivity index (χ3n) is 3.22. The van der Waals surface area contributed by atoms with Crippen LogP contribution < -0.4 is 0 Å². The van der Waals surface area contributed by atoms with Crippen molar-refractivity contribution < 1.29 is 0 Å². The Labute approximate surface area is 117 Å². The maximum atomic E-state index is 5.40. The number of aromatic nitrogens is 2. The van der Waals surface area contributed by atoms with E-state index < -0.39 is 0 Å². The number of benzene rings is 2. The van der Waals surface area contributed by atoms with Crippen molar-refractivity contribution in [3.05, 3.63) is 71.0 Å². The summed E-state index contributed by atoms with van der Waals surface area (Å²) in [5, 5.41) is 0. The van der Waals surface area contributed by atoms with Gasteiger partial charge in [0.05, 0.1) is 17.2 Å². The Morgan fingerprint density at radius 3 is 2.53 bits per heavy atom. The Balaban J connectivity index is 1.96. The van der Waals surface area contributed by atoms with Gasteiger partial charge < -0.3 is 4.57 Å². The maximum Gasteiger partial charge on any atom is 0.124 e. The van der Waals surface area contributed by atoms with Crippen LogP contribution in [0.15, 0.2) is 60.8 Å². The summed E-state index contributed by atoms with van der Waals surface area (Å²) in [7, 11) is 0. The van der Waals surface area contributed by atoms with Gasteiger partial charge in [-0.2, -0.15) is 0 Å². The van der Waals surface area contributed by atoms with Crippen molar-refractivity contribution in [2.45, 2.75) is 13.0 Å². The highest BCUT2D eigenvalue weighted by molar-refractivity contribution is 7.71. The summed E-state index contributed by atoms with van der Waals surface area (Å²) in [4.78, 5) is 4.37. The van der Waals surface area contributed by atoms with E-state index in [1.165, 1.54) is 5.56 Å². The van der Waals surface area contributed by atoms with Gasteiger partial charge in [-0.3, -0.25) is 4.98 Å². The first-order valence-electron chi connectivity index (χ1n) is 6.33. The number of nitrogens with zero attached hydrogens (tertiary/aromatic N) is 2. The Morgan fingerprint density at radius 1 is 0.947 bits per heavy atom. The van der Waals surface area contributed by atoms with Crippen molar-refractivity contribution in [2.75, 3.05) is 0 Å². The maximum absolute atomic E-state index is 5.40. The number of aryl methyl sites for hydroxylation is 2. The molecule has 0 aliphatic rings. The molecule has 0 amide bonds. The van der Waals surface area contributed by atoms with E-state index in [0.717, 1.165) is 28.6 Å². The van der Waals surface area contributed by atoms with Crippen LogP contribution in [0.3, 0.4) is 0 Å². The van der Waals surface area contributed by atoms with Crippen LogP contribution in [0.4, 0.5) is 0 Å². The van der Waals surface area contributed by atoms with Gasteiger partial charge in [0.2, 0.25) is 0 Å². The molecule has 1 heterocycles. The number of hydrogen-bond donors (Lipinski definition) is 0. The van der Waals surface area contributed by atoms with Crippen molar-refractivity contribution in [3.63, 3.8) is 0 Å². The van der Waals surface area contributed by atoms with Gasteiger partial charge in [0.1, 0.15) is 4.64 Å². The average Bonchev–Trinajstić information content (AvgIpc) is 2.47. The molecule has 1 aromatic heterocycles. The zero-order valence-electron chi connectivity index (χ0n) is 10.5. The van der Waals surface area contributed by atoms with Crippen molar-refractivity contribution in [2.24, 2.45) is 0 Å². The van der Waals surface area contributed by atoms with Gasteiger partial charge in [0, 0.05) is 6.54 Å². The van der Waals surface area contributed by atoms with Crippen molar-refractivity contribution in [1.29, 1.82) is 0 Å². The van der Waals surface area contributed by atoms with Crippen LogP contribution in [0.1, 0.15) is 5.56 Å². The predicted octanol–water partition coefficient (Wildman–Crippen LogP) is 4.01. The second kappa shape index (κ2) is 5.33. The van der Waals surface area contributed by atoms with E-state index in [2.05, 4.69) is 39.9 Å². The van der Waals surface area contributed by atoms with Crippen molar-refractivity contribution in [1.82, 2.24) is 9.55 Å². The first-order chi connectivity index (χ1) is 9.34. The first kappa shape index (κ1) is 12.1. The zero-order chi connectivity index (χ0) is 13.1. The second-order valence-corrected chi connectivity index (χ2v) is 4.89. The highest BCUT2D eigenvalue weighted by Crippen LogP contribution is 2.13. The normalized spacial score (nSPS) is 10.7. The Morgan fingerprint density at radius 2 is 1.68 bits per heavy atom. The number of rotatable bonds is 3. The fraction of sp³-hybridized carbons (Fsp3) is 0.125. The minimum Gasteiger partial charge on any atom is -0.329 e. The summed E-state index contributed by atoms with van der Waals surface area (Å²) >= 11 is 5.40. The highest BCUT2D eigenvalue weighted by atomic mass is 32.1. The molecule has 3 rings (SSSR count). The molecule has 0 aliphatic carbocycles. The van der Waals surface area contributed by atoms with Gasteiger partial charge in [-0.15, -0.1) is 0 Å². The molecule has 0 fully saturated rings. The largest absolute Gasteiger partial charge is 0.329 e. The molecule has 3 heteroatoms. The zero-order valence-corrected chi connectivity index (χ0v) is 11.3. The standard InChI is InChI=1S/C16H14N2S/c19-16-12-17-14-8-4-5-9-15(14)18(16)11-10-13-6-2-1-3-7-13/h1-9,12H,10-11H2. The van der Waals surface area contributed by atoms with Gasteiger partial charge in [0.15, 0.2) is 0 Å². The van der Waals surface area contributed by atoms with Gasteiger partial charge in [-0.05, 0) is 24.1 Å². The van der Waals surface area contributed by atoms with Gasteiger partial charge >= 0.3 is 0 Å². The molecule has 2 nitrogen and oxygen atoms in total. The fourth-order valence-electron chi connectivity index (χ4n) is 2.23. The van der Waals surface area contributed by atoms with Gasteiger partial charge in [-0.25, -0.2) is 0 Å². The van der Waals surface area contributed by atoms with E-state index >= 15 is 0 Å². The third-order valence-corrected chi connectivity index (χ3v) is 3.55. The summed E-state index contributed by atoms with van der Waals surface area (Å²) in [6.07, 6.45) is 2.74. The van der Waals surface area contributed by atoms with Crippen LogP contribution in [0, 0.1) is 4.64 Å². The second-order valence-electron chi connectivity index (χ2n) is 4.47. The lowest BCUT2D eigenvalue weighted by Crippen LogP contribution is -2.05. The molecule has 0 N–H and O–H groups in total. The third kappa shape index (κ3) is 2.56. The SMILES string of the molecule is S=c1cnc2ccccc2n1CCc1ccccc1. The average molecular weight is 266 g/mol. The molecule has 19 heavy (non-hydrogen) atoms. The molecule has 0 unspecified atom stereocenters. The summed E-state index contributed by atoms with van der Waals surface area (Å²) in [6, 6.07) is 18.6. The molecule has 0 bridgehead atoms. The van der Waals surface area contributed by atoms with Gasteiger partial charge in [-0.1, -0.05) is 54.7 Å². The van der Waals surface area contributed by atoms with Crippen LogP contribution in [0.25, 0.3) is 11.0 Å². The molecule has 0 saturated carbocycles. The number of fused-ring (bicyclic) bond motifs is 1. The number of para-hydroxylation sites is 2. The summed E-state index contributed by atoms with van der Waals surface area (Å²) < 4.78 is 2.94. The smallest absolute Gasteiger partial charge is 0.124 e. The summed E-state index contributed by atoms with van der Waals surface area (Å²) in [5.41, 5.74) is 3.42. The van der Waals surface area contributed by atoms with E-state index in [0.29, 0.717) is 0 Å². The van der Waals surface area contributed by atoms with Crippen LogP contribution in [0.2, 0.25) is 0 Å². The minimum atomic E-state index is 0.787. The molecule has 2 aromatic carbocycles. The van der Waals surface area contributed by atoms with E-state index in [4.69, 9.17) is 12.2 Å². The molecule has 0 saturated heterocycles. The molecule has 0 aliphatic heterocycles. The van der Waals surface area contributed by atoms with E-state index in [1.54, 1.807) is 6.20 Å². The topological polar surface area (TPSA) is 17.8 Å². The van der Waals surface area contributed by atoms with Gasteiger partial charge in [0.25, 0.3) is 0 Å². The molecular formula is C16H14N2S. The van der Waals surface area contributed by atoms with Crippen LogP contribution in [-0.4, -0.2) is 9.55 Å². The summed E-state index contributed by atoms with van der Waals surface area (Å²) in [5.74, 6) is 0. The molecule has 0 atom stereocenters. The van der Waals surface area contributed by atoms with E-state index in [1.807, 2.05) is 24.3 Å². The lowest BCUT2D eigenvalue weighted by molar-refractivity contribution is 0.705. The van der Waals surface area contributed by atoms with Crippen molar-refractivity contribution >= 4 is 23.3 Å². The summed E-state index contributed by atoms with van der Waals surface area (Å²) in [6.45, 7) is 0.881. The molecule has 0 spiro atoms. The lowest BCUT2D eigenvalue weighted by atomic mass is 10.1. The highest BCUT2D eigenvalue weighted by Gasteiger charge is 2.01. The van der Waals surface area contributed by atoms with Crippen LogP contribution in [-0.2, 0) is 13.0 Å². The van der Waals surface area contributed by atoms with Crippen LogP contribution in [0.5, 0.6) is 0 Å².